The van der Waals surface area contributed by atoms with E-state index in [2.05, 4.69) is 33.1 Å². The predicted molar refractivity (Wildman–Crippen MR) is 174 cm³/mol. The molecule has 3 aromatic carbocycles. The number of carboxylic acid groups (broad SMARTS) is 1. The molecule has 9 heteroatoms. The topological polar surface area (TPSA) is 107 Å². The summed E-state index contributed by atoms with van der Waals surface area (Å²) in [5, 5.41) is 12.9. The van der Waals surface area contributed by atoms with E-state index in [0.29, 0.717) is 31.5 Å². The third kappa shape index (κ3) is 5.53. The quantitative estimate of drug-likeness (QED) is 0.236. The molecule has 0 unspecified atom stereocenters. The molecule has 1 N–H and O–H groups in total. The van der Waals surface area contributed by atoms with Crippen LogP contribution >= 0.6 is 0 Å². The van der Waals surface area contributed by atoms with Gasteiger partial charge in [-0.3, -0.25) is 9.78 Å². The molecule has 0 spiro atoms. The fourth-order valence-corrected chi connectivity index (χ4v) is 6.42. The van der Waals surface area contributed by atoms with E-state index in [1.165, 1.54) is 0 Å². The minimum atomic E-state index is -0.898. The van der Waals surface area contributed by atoms with Crippen molar-refractivity contribution < 1.29 is 24.1 Å². The van der Waals surface area contributed by atoms with Crippen molar-refractivity contribution in [2.45, 2.75) is 46.1 Å². The zero-order chi connectivity index (χ0) is 31.3. The molecule has 9 nitrogen and oxygen atoms in total. The third-order valence-corrected chi connectivity index (χ3v) is 8.39. The zero-order valence-corrected chi connectivity index (χ0v) is 26.0. The minimum absolute atomic E-state index is 0.135. The highest BCUT2D eigenvalue weighted by Gasteiger charge is 2.28. The Bertz CT molecular complexity index is 1940. The number of rotatable bonds is 6. The molecule has 0 amide bonds. The zero-order valence-electron chi connectivity index (χ0n) is 26.0. The lowest BCUT2D eigenvalue weighted by molar-refractivity contribution is -0.136. The van der Waals surface area contributed by atoms with Crippen LogP contribution in [0.1, 0.15) is 37.5 Å². The summed E-state index contributed by atoms with van der Waals surface area (Å²) in [6.45, 7) is 11.5. The molecule has 2 aliphatic heterocycles. The van der Waals surface area contributed by atoms with Crippen molar-refractivity contribution in [3.05, 3.63) is 71.7 Å². The number of aliphatic carboxylic acids is 1. The lowest BCUT2D eigenvalue weighted by atomic mass is 9.85. The van der Waals surface area contributed by atoms with E-state index in [1.54, 1.807) is 0 Å². The van der Waals surface area contributed by atoms with Gasteiger partial charge in [-0.2, -0.15) is 0 Å². The Kier molecular flexibility index (Phi) is 7.28. The first-order chi connectivity index (χ1) is 21.7. The molecule has 230 valence electrons. The van der Waals surface area contributed by atoms with Gasteiger partial charge in [0, 0.05) is 55.1 Å². The average molecular weight is 605 g/mol. The van der Waals surface area contributed by atoms with E-state index < -0.39 is 11.6 Å². The number of ether oxygens (including phenoxy) is 3. The SMILES string of the molecule is Cc1cc2cc(-c3cnc(N4CCOCC4)nc3)ccc2c(-c2c(OC(C)(C)C)cc3c4c(ccnc24)CCO3)c1CC(=O)O. The van der Waals surface area contributed by atoms with Crippen molar-refractivity contribution in [2.75, 3.05) is 37.8 Å². The second kappa shape index (κ2) is 11.3. The van der Waals surface area contributed by atoms with Crippen molar-refractivity contribution in [3.63, 3.8) is 0 Å². The number of carbonyl (C=O) groups is 1. The Morgan fingerprint density at radius 2 is 1.76 bits per heavy atom. The predicted octanol–water partition coefficient (Wildman–Crippen LogP) is 6.40. The van der Waals surface area contributed by atoms with E-state index in [9.17, 15) is 9.90 Å². The summed E-state index contributed by atoms with van der Waals surface area (Å²) >= 11 is 0. The number of nitrogens with zero attached hydrogens (tertiary/aromatic N) is 4. The summed E-state index contributed by atoms with van der Waals surface area (Å²) in [5.41, 5.74) is 6.48. The Hall–Kier alpha value is -4.76. The number of carboxylic acids is 1. The van der Waals surface area contributed by atoms with Crippen LogP contribution in [0.5, 0.6) is 11.5 Å². The van der Waals surface area contributed by atoms with Crippen molar-refractivity contribution in [1.29, 1.82) is 0 Å². The molecule has 0 saturated carbocycles. The molecule has 2 aliphatic rings. The molecule has 4 heterocycles. The Balaban J connectivity index is 1.45. The van der Waals surface area contributed by atoms with Crippen LogP contribution in [0.2, 0.25) is 0 Å². The van der Waals surface area contributed by atoms with Crippen molar-refractivity contribution in [3.8, 4) is 33.8 Å². The summed E-state index contributed by atoms with van der Waals surface area (Å²) < 4.78 is 18.2. The first-order valence-corrected chi connectivity index (χ1v) is 15.4. The summed E-state index contributed by atoms with van der Waals surface area (Å²) in [5.74, 6) is 1.16. The number of hydrogen-bond acceptors (Lipinski definition) is 8. The third-order valence-electron chi connectivity index (χ3n) is 8.39. The van der Waals surface area contributed by atoms with E-state index >= 15 is 0 Å². The van der Waals surface area contributed by atoms with Gasteiger partial charge in [0.2, 0.25) is 5.95 Å². The fraction of sp³-hybridized carbons (Fsp3) is 0.333. The van der Waals surface area contributed by atoms with Gasteiger partial charge in [-0.05, 0) is 78.4 Å². The van der Waals surface area contributed by atoms with Crippen molar-refractivity contribution >= 4 is 33.6 Å². The first-order valence-electron chi connectivity index (χ1n) is 15.4. The van der Waals surface area contributed by atoms with Crippen molar-refractivity contribution in [2.24, 2.45) is 0 Å². The van der Waals surface area contributed by atoms with Gasteiger partial charge in [0.1, 0.15) is 17.1 Å². The second-order valence-corrected chi connectivity index (χ2v) is 12.7. The summed E-state index contributed by atoms with van der Waals surface area (Å²) in [7, 11) is 0. The highest BCUT2D eigenvalue weighted by Crippen LogP contribution is 2.48. The van der Waals surface area contributed by atoms with Gasteiger partial charge in [-0.1, -0.05) is 18.2 Å². The van der Waals surface area contributed by atoms with Crippen LogP contribution in [0, 0.1) is 6.92 Å². The highest BCUT2D eigenvalue weighted by molar-refractivity contribution is 6.11. The molecule has 7 rings (SSSR count). The number of morpholine rings is 1. The lowest BCUT2D eigenvalue weighted by Gasteiger charge is -2.28. The van der Waals surface area contributed by atoms with Gasteiger partial charge in [-0.25, -0.2) is 9.97 Å². The lowest BCUT2D eigenvalue weighted by Crippen LogP contribution is -2.37. The fourth-order valence-electron chi connectivity index (χ4n) is 6.42. The van der Waals surface area contributed by atoms with Crippen LogP contribution in [-0.4, -0.2) is 64.5 Å². The van der Waals surface area contributed by atoms with Crippen molar-refractivity contribution in [1.82, 2.24) is 15.0 Å². The van der Waals surface area contributed by atoms with Crippen LogP contribution in [0.25, 0.3) is 43.9 Å². The van der Waals surface area contributed by atoms with E-state index in [1.807, 2.05) is 64.5 Å². The van der Waals surface area contributed by atoms with Gasteiger partial charge in [0.15, 0.2) is 0 Å². The number of aryl methyl sites for hydroxylation is 1. The molecule has 1 saturated heterocycles. The molecule has 0 aliphatic carbocycles. The monoisotopic (exact) mass is 604 g/mol. The molecular weight excluding hydrogens is 568 g/mol. The number of aromatic nitrogens is 3. The number of pyridine rings is 1. The largest absolute Gasteiger partial charge is 0.492 e. The van der Waals surface area contributed by atoms with Gasteiger partial charge >= 0.3 is 5.97 Å². The molecule has 2 aromatic heterocycles. The maximum atomic E-state index is 12.3. The molecule has 45 heavy (non-hydrogen) atoms. The van der Waals surface area contributed by atoms with E-state index in [4.69, 9.17) is 19.2 Å². The molecular formula is C36H36N4O5. The van der Waals surface area contributed by atoms with Crippen LogP contribution < -0.4 is 14.4 Å². The minimum Gasteiger partial charge on any atom is -0.492 e. The number of fused-ring (bicyclic) bond motifs is 1. The smallest absolute Gasteiger partial charge is 0.307 e. The standard InChI is InChI=1S/C36H36N4O5/c1-21-15-24-16-23(25-19-38-35(39-20-25)40-10-13-43-14-11-40)5-6-26(24)32(27(21)17-30(41)42)33-29(45-36(2,3)4)18-28-31-22(8-12-44-28)7-9-37-34(31)33/h5-7,9,15-16,18-20H,8,10-14,17H2,1-4H3,(H,41,42). The average Bonchev–Trinajstić information content (AvgIpc) is 3.02. The number of hydrogen-bond donors (Lipinski definition) is 1. The first kappa shape index (κ1) is 29.0. The molecule has 0 bridgehead atoms. The summed E-state index contributed by atoms with van der Waals surface area (Å²) in [4.78, 5) is 28.6. The van der Waals surface area contributed by atoms with E-state index in [-0.39, 0.29) is 6.42 Å². The number of benzene rings is 3. The maximum Gasteiger partial charge on any atom is 0.307 e. The normalized spacial score (nSPS) is 14.9. The van der Waals surface area contributed by atoms with Gasteiger partial charge in [-0.15, -0.1) is 0 Å². The Morgan fingerprint density at radius 1 is 0.978 bits per heavy atom. The maximum absolute atomic E-state index is 12.3. The van der Waals surface area contributed by atoms with Crippen LogP contribution in [0.15, 0.2) is 55.0 Å². The molecule has 5 aromatic rings. The second-order valence-electron chi connectivity index (χ2n) is 12.7. The van der Waals surface area contributed by atoms with E-state index in [0.717, 1.165) is 85.9 Å². The molecule has 0 radical (unpaired) electrons. The van der Waals surface area contributed by atoms with Gasteiger partial charge in [0.05, 0.1) is 37.3 Å². The van der Waals surface area contributed by atoms with Gasteiger partial charge < -0.3 is 24.2 Å². The molecule has 0 atom stereocenters. The highest BCUT2D eigenvalue weighted by atomic mass is 16.5. The Labute approximate surface area is 261 Å². The number of anilines is 1. The summed E-state index contributed by atoms with van der Waals surface area (Å²) in [6, 6.07) is 12.3. The van der Waals surface area contributed by atoms with Crippen LogP contribution in [0.3, 0.4) is 0 Å². The van der Waals surface area contributed by atoms with Crippen LogP contribution in [0.4, 0.5) is 5.95 Å². The Morgan fingerprint density at radius 3 is 2.49 bits per heavy atom. The van der Waals surface area contributed by atoms with Gasteiger partial charge in [0.25, 0.3) is 0 Å². The van der Waals surface area contributed by atoms with Crippen LogP contribution in [-0.2, 0) is 22.4 Å². The molecule has 1 fully saturated rings. The summed E-state index contributed by atoms with van der Waals surface area (Å²) in [6.07, 6.45) is 6.18.